The number of anilines is 1. The average molecular weight is 411 g/mol. The highest BCUT2D eigenvalue weighted by Gasteiger charge is 2.34. The van der Waals surface area contributed by atoms with Gasteiger partial charge in [-0.2, -0.15) is 0 Å². The maximum atomic E-state index is 12.8. The number of benzene rings is 1. The van der Waals surface area contributed by atoms with E-state index in [0.29, 0.717) is 17.9 Å². The molecule has 1 aliphatic heterocycles. The van der Waals surface area contributed by atoms with E-state index in [4.69, 9.17) is 4.74 Å². The molecular formula is C21H21N3O4S. The Hall–Kier alpha value is -2.81. The highest BCUT2D eigenvalue weighted by molar-refractivity contribution is 7.13. The van der Waals surface area contributed by atoms with E-state index in [1.54, 1.807) is 6.20 Å². The number of aliphatic hydroxyl groups is 2. The zero-order valence-corrected chi connectivity index (χ0v) is 16.7. The van der Waals surface area contributed by atoms with Crippen LogP contribution in [0.3, 0.4) is 0 Å². The summed E-state index contributed by atoms with van der Waals surface area (Å²) < 4.78 is 5.84. The number of ether oxygens (including phenoxy) is 1. The predicted octanol–water partition coefficient (Wildman–Crippen LogP) is 2.73. The van der Waals surface area contributed by atoms with Crippen LogP contribution in [0.25, 0.3) is 22.0 Å². The molecule has 0 saturated heterocycles. The molecule has 4 rings (SSSR count). The van der Waals surface area contributed by atoms with E-state index in [1.807, 2.05) is 48.7 Å². The molecule has 7 nitrogen and oxygen atoms in total. The average Bonchev–Trinajstić information content (AvgIpc) is 3.26. The van der Waals surface area contributed by atoms with Crippen molar-refractivity contribution in [2.45, 2.75) is 25.6 Å². The Bertz CT molecular complexity index is 1010. The molecule has 0 fully saturated rings. The first-order chi connectivity index (χ1) is 14.1. The number of thiazole rings is 1. The Balaban J connectivity index is 1.70. The van der Waals surface area contributed by atoms with Crippen LogP contribution in [0, 0.1) is 0 Å². The Morgan fingerprint density at radius 3 is 2.86 bits per heavy atom. The lowest BCUT2D eigenvalue weighted by Crippen LogP contribution is -2.49. The third-order valence-electron chi connectivity index (χ3n) is 4.72. The van der Waals surface area contributed by atoms with Crippen molar-refractivity contribution in [3.05, 3.63) is 48.0 Å². The van der Waals surface area contributed by atoms with Crippen molar-refractivity contribution in [2.75, 3.05) is 18.1 Å². The van der Waals surface area contributed by atoms with Crippen molar-refractivity contribution >= 4 is 22.9 Å². The molecule has 0 bridgehead atoms. The first-order valence-electron chi connectivity index (χ1n) is 9.39. The van der Waals surface area contributed by atoms with E-state index in [9.17, 15) is 15.0 Å². The van der Waals surface area contributed by atoms with E-state index < -0.39 is 18.8 Å². The minimum atomic E-state index is -1.03. The second-order valence-electron chi connectivity index (χ2n) is 6.74. The third-order valence-corrected chi connectivity index (χ3v) is 5.58. The molecule has 1 aromatic carbocycles. The van der Waals surface area contributed by atoms with Crippen molar-refractivity contribution in [2.24, 2.45) is 0 Å². The predicted molar refractivity (Wildman–Crippen MR) is 111 cm³/mol. The summed E-state index contributed by atoms with van der Waals surface area (Å²) in [6.45, 7) is 1.45. The number of fused-ring (bicyclic) bond motifs is 1. The summed E-state index contributed by atoms with van der Waals surface area (Å²) in [7, 11) is 0. The van der Waals surface area contributed by atoms with Crippen LogP contribution in [-0.4, -0.2) is 51.4 Å². The van der Waals surface area contributed by atoms with Crippen LogP contribution in [0.5, 0.6) is 5.75 Å². The molecule has 0 radical (unpaired) electrons. The smallest absolute Gasteiger partial charge is 0.268 e. The Labute approximate surface area is 172 Å². The van der Waals surface area contributed by atoms with Gasteiger partial charge in [-0.15, -0.1) is 11.3 Å². The summed E-state index contributed by atoms with van der Waals surface area (Å²) in [5.41, 5.74) is 2.97. The van der Waals surface area contributed by atoms with E-state index >= 15 is 0 Å². The number of aromatic nitrogens is 2. The fourth-order valence-electron chi connectivity index (χ4n) is 3.21. The van der Waals surface area contributed by atoms with Gasteiger partial charge in [-0.25, -0.2) is 4.98 Å². The number of amides is 1. The number of carbonyl (C=O) groups excluding carboxylic acids is 1. The van der Waals surface area contributed by atoms with Crippen molar-refractivity contribution in [3.63, 3.8) is 0 Å². The number of nitrogens with zero attached hydrogens (tertiary/aromatic N) is 3. The lowest BCUT2D eigenvalue weighted by atomic mass is 10.1. The number of carbonyl (C=O) groups is 1. The van der Waals surface area contributed by atoms with Gasteiger partial charge in [-0.3, -0.25) is 9.78 Å². The van der Waals surface area contributed by atoms with Crippen LogP contribution in [0.15, 0.2) is 48.0 Å². The van der Waals surface area contributed by atoms with Gasteiger partial charge in [-0.1, -0.05) is 13.0 Å². The summed E-state index contributed by atoms with van der Waals surface area (Å²) in [5.74, 6) is 0.350. The summed E-state index contributed by atoms with van der Waals surface area (Å²) in [4.78, 5) is 23.3. The molecule has 2 N–H and O–H groups in total. The summed E-state index contributed by atoms with van der Waals surface area (Å²) in [6.07, 6.45) is 0.619. The molecule has 1 amide bonds. The second-order valence-corrected chi connectivity index (χ2v) is 7.59. The topological polar surface area (TPSA) is 95.8 Å². The van der Waals surface area contributed by atoms with E-state index in [0.717, 1.165) is 22.0 Å². The number of pyridine rings is 1. The largest absolute Gasteiger partial charge is 0.478 e. The number of aliphatic hydroxyl groups excluding tert-OH is 2. The molecule has 150 valence electrons. The van der Waals surface area contributed by atoms with E-state index in [-0.39, 0.29) is 12.5 Å². The Morgan fingerprint density at radius 1 is 1.28 bits per heavy atom. The highest BCUT2D eigenvalue weighted by Crippen LogP contribution is 2.39. The molecule has 0 saturated carbocycles. The van der Waals surface area contributed by atoms with Gasteiger partial charge < -0.3 is 19.8 Å². The fourth-order valence-corrected chi connectivity index (χ4v) is 4.02. The molecule has 3 aromatic rings. The van der Waals surface area contributed by atoms with Crippen LogP contribution in [-0.2, 0) is 4.79 Å². The van der Waals surface area contributed by atoms with Crippen LogP contribution in [0.2, 0.25) is 0 Å². The van der Waals surface area contributed by atoms with Crippen molar-refractivity contribution in [3.8, 4) is 27.7 Å². The molecule has 1 aliphatic rings. The zero-order chi connectivity index (χ0) is 20.4. The first kappa shape index (κ1) is 19.5. The third kappa shape index (κ3) is 3.87. The fraction of sp³-hybridized carbons (Fsp3) is 0.286. The van der Waals surface area contributed by atoms with Gasteiger partial charge in [0, 0.05) is 17.1 Å². The van der Waals surface area contributed by atoms with Gasteiger partial charge in [0.25, 0.3) is 5.91 Å². The molecule has 3 heterocycles. The number of hydrogen-bond donors (Lipinski definition) is 2. The molecule has 0 aliphatic carbocycles. The van der Waals surface area contributed by atoms with Crippen molar-refractivity contribution in [1.82, 2.24) is 9.97 Å². The minimum Gasteiger partial charge on any atom is -0.478 e. The molecule has 0 spiro atoms. The molecule has 2 unspecified atom stereocenters. The standard InChI is InChI=1S/C21H21N3O4S/c1-2-18-21(27)24(10-14(26)11-25)17-9-13(6-7-19(17)28-18)16-12-29-20(23-16)15-5-3-4-8-22-15/h3-9,12,14,18,25-26H,2,10-11H2,1H3. The normalized spacial score (nSPS) is 17.0. The Morgan fingerprint density at radius 2 is 2.14 bits per heavy atom. The lowest BCUT2D eigenvalue weighted by Gasteiger charge is -2.35. The van der Waals surface area contributed by atoms with Crippen LogP contribution in [0.4, 0.5) is 5.69 Å². The summed E-state index contributed by atoms with van der Waals surface area (Å²) in [5, 5.41) is 21.9. The first-order valence-corrected chi connectivity index (χ1v) is 10.3. The van der Waals surface area contributed by atoms with Gasteiger partial charge in [-0.05, 0) is 36.8 Å². The van der Waals surface area contributed by atoms with E-state index in [1.165, 1.54) is 16.2 Å². The number of rotatable bonds is 6. The van der Waals surface area contributed by atoms with Crippen LogP contribution >= 0.6 is 11.3 Å². The van der Waals surface area contributed by atoms with Gasteiger partial charge in [0.05, 0.1) is 36.3 Å². The lowest BCUT2D eigenvalue weighted by molar-refractivity contribution is -0.126. The van der Waals surface area contributed by atoms with E-state index in [2.05, 4.69) is 9.97 Å². The maximum absolute atomic E-state index is 12.8. The molecule has 2 aromatic heterocycles. The van der Waals surface area contributed by atoms with Gasteiger partial charge in [0.2, 0.25) is 0 Å². The minimum absolute atomic E-state index is 0.00188. The number of β-amino-alcohol motifs (C(OH)–C–C–N with tert-alkyl or cyclic N) is 1. The maximum Gasteiger partial charge on any atom is 0.268 e. The van der Waals surface area contributed by atoms with Crippen molar-refractivity contribution in [1.29, 1.82) is 0 Å². The van der Waals surface area contributed by atoms with Gasteiger partial charge in [0.15, 0.2) is 6.10 Å². The summed E-state index contributed by atoms with van der Waals surface area (Å²) in [6, 6.07) is 11.2. The highest BCUT2D eigenvalue weighted by atomic mass is 32.1. The second kappa shape index (κ2) is 8.28. The van der Waals surface area contributed by atoms with Crippen LogP contribution < -0.4 is 9.64 Å². The summed E-state index contributed by atoms with van der Waals surface area (Å²) >= 11 is 1.50. The molecule has 2 atom stereocenters. The SMILES string of the molecule is CCC1Oc2ccc(-c3csc(-c4ccccn4)n3)cc2N(CC(O)CO)C1=O. The van der Waals surface area contributed by atoms with Gasteiger partial charge in [0.1, 0.15) is 10.8 Å². The quantitative estimate of drug-likeness (QED) is 0.648. The monoisotopic (exact) mass is 411 g/mol. The molecule has 29 heavy (non-hydrogen) atoms. The zero-order valence-electron chi connectivity index (χ0n) is 15.9. The van der Waals surface area contributed by atoms with Crippen LogP contribution in [0.1, 0.15) is 13.3 Å². The van der Waals surface area contributed by atoms with Gasteiger partial charge >= 0.3 is 0 Å². The van der Waals surface area contributed by atoms with Crippen molar-refractivity contribution < 1.29 is 19.7 Å². The molecular weight excluding hydrogens is 390 g/mol. The number of hydrogen-bond acceptors (Lipinski definition) is 7. The Kier molecular flexibility index (Phi) is 5.57. The molecule has 8 heteroatoms.